The van der Waals surface area contributed by atoms with Crippen LogP contribution in [0.2, 0.25) is 0 Å². The first-order chi connectivity index (χ1) is 12.4. The zero-order valence-electron chi connectivity index (χ0n) is 16.2. The summed E-state index contributed by atoms with van der Waals surface area (Å²) >= 11 is 0. The van der Waals surface area contributed by atoms with Crippen LogP contribution in [-0.2, 0) is 12.0 Å². The van der Waals surface area contributed by atoms with E-state index in [1.807, 2.05) is 18.2 Å². The normalized spacial score (nSPS) is 11.5. The molecular formula is C19H28IN5O2. The molecule has 1 aromatic heterocycles. The van der Waals surface area contributed by atoms with Gasteiger partial charge in [0.25, 0.3) is 5.91 Å². The maximum atomic E-state index is 11.9. The molecule has 8 heteroatoms. The number of carbonyl (C=O) groups excluding carboxylic acids is 1. The Kier molecular flexibility index (Phi) is 9.27. The molecule has 0 saturated carbocycles. The first-order valence-electron chi connectivity index (χ1n) is 8.63. The van der Waals surface area contributed by atoms with E-state index in [4.69, 9.17) is 4.42 Å². The predicted octanol–water partition coefficient (Wildman–Crippen LogP) is 2.69. The molecule has 1 amide bonds. The largest absolute Gasteiger partial charge is 0.443 e. The molecule has 0 unspecified atom stereocenters. The minimum absolute atomic E-state index is 0. The number of amides is 1. The summed E-state index contributed by atoms with van der Waals surface area (Å²) in [5.74, 6) is 1.98. The van der Waals surface area contributed by atoms with Crippen molar-refractivity contribution in [3.05, 3.63) is 53.7 Å². The van der Waals surface area contributed by atoms with Gasteiger partial charge in [0.2, 0.25) is 5.89 Å². The van der Waals surface area contributed by atoms with Crippen LogP contribution in [0.25, 0.3) is 0 Å². The fraction of sp³-hybridized carbons (Fsp3) is 0.421. The number of rotatable bonds is 6. The lowest BCUT2D eigenvalue weighted by Crippen LogP contribution is -2.41. The Balaban J connectivity index is 0.00000364. The molecule has 1 heterocycles. The molecule has 2 rings (SSSR count). The number of nitrogens with one attached hydrogen (secondary N) is 3. The highest BCUT2D eigenvalue weighted by Crippen LogP contribution is 2.22. The molecule has 3 N–H and O–H groups in total. The van der Waals surface area contributed by atoms with Gasteiger partial charge in [-0.15, -0.1) is 24.0 Å². The second kappa shape index (κ2) is 10.9. The van der Waals surface area contributed by atoms with E-state index in [9.17, 15) is 4.79 Å². The van der Waals surface area contributed by atoms with E-state index in [1.54, 1.807) is 25.4 Å². The SMILES string of the molecule is CN=C(NCCNC(=O)c1ccccc1)NCc1ncc(C(C)(C)C)o1.I. The van der Waals surface area contributed by atoms with Gasteiger partial charge in [0.1, 0.15) is 5.76 Å². The van der Waals surface area contributed by atoms with Gasteiger partial charge >= 0.3 is 0 Å². The van der Waals surface area contributed by atoms with Gasteiger partial charge in [0.15, 0.2) is 5.96 Å². The van der Waals surface area contributed by atoms with E-state index in [0.717, 1.165) is 5.76 Å². The number of hydrogen-bond donors (Lipinski definition) is 3. The molecule has 0 spiro atoms. The fourth-order valence-corrected chi connectivity index (χ4v) is 2.17. The third-order valence-electron chi connectivity index (χ3n) is 3.66. The quantitative estimate of drug-likeness (QED) is 0.253. The van der Waals surface area contributed by atoms with Crippen molar-refractivity contribution in [3.63, 3.8) is 0 Å². The smallest absolute Gasteiger partial charge is 0.251 e. The van der Waals surface area contributed by atoms with Crippen molar-refractivity contribution in [2.45, 2.75) is 32.7 Å². The zero-order chi connectivity index (χ0) is 19.0. The van der Waals surface area contributed by atoms with Gasteiger partial charge in [0.05, 0.1) is 12.7 Å². The Morgan fingerprint density at radius 3 is 2.37 bits per heavy atom. The van der Waals surface area contributed by atoms with Crippen LogP contribution >= 0.6 is 24.0 Å². The third kappa shape index (κ3) is 7.58. The van der Waals surface area contributed by atoms with Crippen molar-refractivity contribution in [1.82, 2.24) is 20.9 Å². The molecule has 0 saturated heterocycles. The second-order valence-corrected chi connectivity index (χ2v) is 6.84. The van der Waals surface area contributed by atoms with Gasteiger partial charge < -0.3 is 20.4 Å². The molecule has 0 fully saturated rings. The molecule has 0 atom stereocenters. The maximum Gasteiger partial charge on any atom is 0.251 e. The number of halogens is 1. The van der Waals surface area contributed by atoms with E-state index in [0.29, 0.717) is 37.0 Å². The topological polar surface area (TPSA) is 91.5 Å². The highest BCUT2D eigenvalue weighted by Gasteiger charge is 2.19. The summed E-state index contributed by atoms with van der Waals surface area (Å²) < 4.78 is 5.74. The first-order valence-corrected chi connectivity index (χ1v) is 8.63. The molecule has 7 nitrogen and oxygen atoms in total. The third-order valence-corrected chi connectivity index (χ3v) is 3.66. The van der Waals surface area contributed by atoms with E-state index < -0.39 is 0 Å². The highest BCUT2D eigenvalue weighted by molar-refractivity contribution is 14.0. The Bertz CT molecular complexity index is 738. The summed E-state index contributed by atoms with van der Waals surface area (Å²) in [5.41, 5.74) is 0.579. The van der Waals surface area contributed by atoms with Crippen LogP contribution in [0, 0.1) is 0 Å². The van der Waals surface area contributed by atoms with Crippen LogP contribution in [0.4, 0.5) is 0 Å². The average molecular weight is 485 g/mol. The summed E-state index contributed by atoms with van der Waals surface area (Å²) in [7, 11) is 1.69. The van der Waals surface area contributed by atoms with Crippen molar-refractivity contribution in [3.8, 4) is 0 Å². The van der Waals surface area contributed by atoms with Gasteiger partial charge in [-0.2, -0.15) is 0 Å². The number of guanidine groups is 1. The van der Waals surface area contributed by atoms with Crippen LogP contribution in [0.5, 0.6) is 0 Å². The van der Waals surface area contributed by atoms with E-state index in [1.165, 1.54) is 0 Å². The molecule has 148 valence electrons. The average Bonchev–Trinajstić information content (AvgIpc) is 3.11. The number of nitrogens with zero attached hydrogens (tertiary/aromatic N) is 2. The number of hydrogen-bond acceptors (Lipinski definition) is 4. The molecular weight excluding hydrogens is 457 g/mol. The second-order valence-electron chi connectivity index (χ2n) is 6.84. The molecule has 0 bridgehead atoms. The Labute approximate surface area is 177 Å². The monoisotopic (exact) mass is 485 g/mol. The zero-order valence-corrected chi connectivity index (χ0v) is 18.5. The van der Waals surface area contributed by atoms with Crippen LogP contribution < -0.4 is 16.0 Å². The summed E-state index contributed by atoms with van der Waals surface area (Å²) in [6.45, 7) is 7.71. The molecule has 27 heavy (non-hydrogen) atoms. The molecule has 0 aliphatic carbocycles. The summed E-state index contributed by atoms with van der Waals surface area (Å²) in [6.07, 6.45) is 1.76. The number of benzene rings is 1. The predicted molar refractivity (Wildman–Crippen MR) is 118 cm³/mol. The van der Waals surface area contributed by atoms with E-state index >= 15 is 0 Å². The Hall–Kier alpha value is -2.10. The molecule has 1 aromatic carbocycles. The van der Waals surface area contributed by atoms with Gasteiger partial charge in [-0.25, -0.2) is 4.98 Å². The first kappa shape index (κ1) is 22.9. The van der Waals surface area contributed by atoms with Crippen molar-refractivity contribution < 1.29 is 9.21 Å². The highest BCUT2D eigenvalue weighted by atomic mass is 127. The van der Waals surface area contributed by atoms with Crippen LogP contribution in [0.15, 0.2) is 45.9 Å². The van der Waals surface area contributed by atoms with Gasteiger partial charge in [-0.1, -0.05) is 39.0 Å². The number of oxazole rings is 1. The van der Waals surface area contributed by atoms with Crippen LogP contribution in [0.3, 0.4) is 0 Å². The van der Waals surface area contributed by atoms with E-state index in [-0.39, 0.29) is 35.3 Å². The lowest BCUT2D eigenvalue weighted by molar-refractivity contribution is 0.0954. The van der Waals surface area contributed by atoms with Gasteiger partial charge in [-0.05, 0) is 12.1 Å². The van der Waals surface area contributed by atoms with Gasteiger partial charge in [-0.3, -0.25) is 9.79 Å². The van der Waals surface area contributed by atoms with Crippen molar-refractivity contribution in [2.24, 2.45) is 4.99 Å². The number of aromatic nitrogens is 1. The molecule has 0 aliphatic heterocycles. The molecule has 0 radical (unpaired) electrons. The van der Waals surface area contributed by atoms with Crippen molar-refractivity contribution in [2.75, 3.05) is 20.1 Å². The maximum absolute atomic E-state index is 11.9. The number of carbonyl (C=O) groups is 1. The molecule has 2 aromatic rings. The van der Waals surface area contributed by atoms with Crippen LogP contribution in [0.1, 0.15) is 42.8 Å². The van der Waals surface area contributed by atoms with E-state index in [2.05, 4.69) is 46.7 Å². The summed E-state index contributed by atoms with van der Waals surface area (Å²) in [6, 6.07) is 9.13. The van der Waals surface area contributed by atoms with Gasteiger partial charge in [0, 0.05) is 31.1 Å². The van der Waals surface area contributed by atoms with Crippen molar-refractivity contribution in [1.29, 1.82) is 0 Å². The van der Waals surface area contributed by atoms with Crippen LogP contribution in [-0.4, -0.2) is 37.0 Å². The fourth-order valence-electron chi connectivity index (χ4n) is 2.17. The lowest BCUT2D eigenvalue weighted by Gasteiger charge is -2.13. The standard InChI is InChI=1S/C19H27N5O2.HI/c1-19(2,3)15-12-23-16(26-15)13-24-18(20-4)22-11-10-21-17(25)14-8-6-5-7-9-14;/h5-9,12H,10-11,13H2,1-4H3,(H,21,25)(H2,20,22,24);1H. The summed E-state index contributed by atoms with van der Waals surface area (Å²) in [5, 5.41) is 9.14. The minimum Gasteiger partial charge on any atom is -0.443 e. The summed E-state index contributed by atoms with van der Waals surface area (Å²) in [4.78, 5) is 20.4. The Morgan fingerprint density at radius 2 is 1.78 bits per heavy atom. The number of aliphatic imine (C=N–C) groups is 1. The molecule has 0 aliphatic rings. The Morgan fingerprint density at radius 1 is 1.11 bits per heavy atom. The lowest BCUT2D eigenvalue weighted by atomic mass is 9.94. The minimum atomic E-state index is -0.0927. The van der Waals surface area contributed by atoms with Crippen molar-refractivity contribution >= 4 is 35.8 Å².